The van der Waals surface area contributed by atoms with E-state index >= 15 is 0 Å². The summed E-state index contributed by atoms with van der Waals surface area (Å²) in [7, 11) is 0. The molecule has 0 atom stereocenters. The van der Waals surface area contributed by atoms with E-state index in [9.17, 15) is 4.39 Å². The van der Waals surface area contributed by atoms with E-state index < -0.39 is 5.67 Å². The first kappa shape index (κ1) is 9.77. The summed E-state index contributed by atoms with van der Waals surface area (Å²) in [4.78, 5) is 4.20. The summed E-state index contributed by atoms with van der Waals surface area (Å²) in [6.07, 6.45) is 5.11. The number of thioether (sulfide) groups is 1. The van der Waals surface area contributed by atoms with E-state index in [1.54, 1.807) is 18.0 Å². The van der Waals surface area contributed by atoms with Crippen molar-refractivity contribution in [2.75, 3.05) is 18.1 Å². The topological polar surface area (TPSA) is 24.9 Å². The van der Waals surface area contributed by atoms with Crippen molar-refractivity contribution in [1.82, 2.24) is 4.98 Å². The molecular formula is C10H13FN2S. The molecule has 0 saturated heterocycles. The molecule has 0 unspecified atom stereocenters. The highest BCUT2D eigenvalue weighted by atomic mass is 32.2. The van der Waals surface area contributed by atoms with Gasteiger partial charge >= 0.3 is 0 Å². The Morgan fingerprint density at radius 2 is 2.36 bits per heavy atom. The molecule has 1 aliphatic carbocycles. The Morgan fingerprint density at radius 1 is 1.57 bits per heavy atom. The van der Waals surface area contributed by atoms with E-state index in [1.165, 1.54) is 0 Å². The number of nitrogens with one attached hydrogen (secondary N) is 1. The van der Waals surface area contributed by atoms with Crippen molar-refractivity contribution in [2.24, 2.45) is 0 Å². The second-order valence-corrected chi connectivity index (χ2v) is 4.42. The molecule has 4 heteroatoms. The lowest BCUT2D eigenvalue weighted by Gasteiger charge is -2.08. The van der Waals surface area contributed by atoms with Gasteiger partial charge in [0.05, 0.1) is 16.9 Å². The highest BCUT2D eigenvalue weighted by Crippen LogP contribution is 2.39. The molecule has 2 nitrogen and oxygen atoms in total. The molecule has 1 N–H and O–H groups in total. The van der Waals surface area contributed by atoms with E-state index in [0.717, 1.165) is 10.7 Å². The maximum Gasteiger partial charge on any atom is 0.128 e. The summed E-state index contributed by atoms with van der Waals surface area (Å²) in [5.74, 6) is 0. The number of anilines is 1. The summed E-state index contributed by atoms with van der Waals surface area (Å²) >= 11 is 1.60. The minimum Gasteiger partial charge on any atom is -0.381 e. The summed E-state index contributed by atoms with van der Waals surface area (Å²) in [6, 6.07) is 3.87. The number of rotatable bonds is 4. The first-order chi connectivity index (χ1) is 6.72. The number of alkyl halides is 1. The van der Waals surface area contributed by atoms with Crippen LogP contribution in [-0.2, 0) is 0 Å². The van der Waals surface area contributed by atoms with Crippen molar-refractivity contribution >= 4 is 17.4 Å². The van der Waals surface area contributed by atoms with Crippen molar-refractivity contribution in [1.29, 1.82) is 0 Å². The van der Waals surface area contributed by atoms with Crippen LogP contribution < -0.4 is 5.32 Å². The summed E-state index contributed by atoms with van der Waals surface area (Å²) in [6.45, 7) is 0.410. The zero-order chi connectivity index (χ0) is 10.0. The molecule has 1 aliphatic rings. The van der Waals surface area contributed by atoms with Crippen LogP contribution in [0.25, 0.3) is 0 Å². The Labute approximate surface area is 87.3 Å². The van der Waals surface area contributed by atoms with E-state index in [1.807, 2.05) is 18.4 Å². The molecule has 0 aliphatic heterocycles. The van der Waals surface area contributed by atoms with Crippen LogP contribution in [-0.4, -0.2) is 23.5 Å². The maximum absolute atomic E-state index is 13.2. The number of halogens is 1. The second kappa shape index (κ2) is 3.77. The van der Waals surface area contributed by atoms with Gasteiger partial charge in [-0.25, -0.2) is 9.37 Å². The molecule has 0 bridgehead atoms. The van der Waals surface area contributed by atoms with Gasteiger partial charge in [0.25, 0.3) is 0 Å². The van der Waals surface area contributed by atoms with E-state index in [-0.39, 0.29) is 0 Å². The molecule has 0 radical (unpaired) electrons. The van der Waals surface area contributed by atoms with Crippen LogP contribution in [0.3, 0.4) is 0 Å². The SMILES string of the molecule is CSc1ccc(NCC2(F)CC2)cn1. The number of hydrogen-bond donors (Lipinski definition) is 1. The van der Waals surface area contributed by atoms with Crippen LogP contribution in [0.15, 0.2) is 23.4 Å². The van der Waals surface area contributed by atoms with Crippen molar-refractivity contribution in [3.05, 3.63) is 18.3 Å². The first-order valence-electron chi connectivity index (χ1n) is 4.65. The normalized spacial score (nSPS) is 17.9. The quantitative estimate of drug-likeness (QED) is 0.777. The average molecular weight is 212 g/mol. The largest absolute Gasteiger partial charge is 0.381 e. The van der Waals surface area contributed by atoms with Crippen LogP contribution in [0.1, 0.15) is 12.8 Å². The Bertz CT molecular complexity index is 308. The summed E-state index contributed by atoms with van der Waals surface area (Å²) in [5, 5.41) is 4.03. The Kier molecular flexibility index (Phi) is 2.63. The third kappa shape index (κ3) is 2.38. The molecular weight excluding hydrogens is 199 g/mol. The van der Waals surface area contributed by atoms with Gasteiger partial charge in [-0.2, -0.15) is 0 Å². The van der Waals surface area contributed by atoms with Crippen LogP contribution >= 0.6 is 11.8 Å². The van der Waals surface area contributed by atoms with Gasteiger partial charge in [-0.1, -0.05) is 0 Å². The van der Waals surface area contributed by atoms with E-state index in [4.69, 9.17) is 0 Å². The number of pyridine rings is 1. The van der Waals surface area contributed by atoms with Gasteiger partial charge in [-0.05, 0) is 31.2 Å². The summed E-state index contributed by atoms with van der Waals surface area (Å²) in [5.41, 5.74) is -0.0511. The fourth-order valence-corrected chi connectivity index (χ4v) is 1.54. The van der Waals surface area contributed by atoms with Crippen LogP contribution in [0.4, 0.5) is 10.1 Å². The maximum atomic E-state index is 13.2. The molecule has 76 valence electrons. The van der Waals surface area contributed by atoms with E-state index in [2.05, 4.69) is 10.3 Å². The number of hydrogen-bond acceptors (Lipinski definition) is 3. The fraction of sp³-hybridized carbons (Fsp3) is 0.500. The molecule has 2 rings (SSSR count). The Morgan fingerprint density at radius 3 is 2.86 bits per heavy atom. The van der Waals surface area contributed by atoms with Gasteiger partial charge in [0, 0.05) is 6.54 Å². The predicted molar refractivity (Wildman–Crippen MR) is 57.6 cm³/mol. The molecule has 1 heterocycles. The van der Waals surface area contributed by atoms with Crippen molar-refractivity contribution in [3.8, 4) is 0 Å². The van der Waals surface area contributed by atoms with Crippen molar-refractivity contribution in [2.45, 2.75) is 23.5 Å². The van der Waals surface area contributed by atoms with Crippen LogP contribution in [0.2, 0.25) is 0 Å². The van der Waals surface area contributed by atoms with Crippen molar-refractivity contribution < 1.29 is 4.39 Å². The predicted octanol–water partition coefficient (Wildman–Crippen LogP) is 2.72. The van der Waals surface area contributed by atoms with E-state index in [0.29, 0.717) is 19.4 Å². The highest BCUT2D eigenvalue weighted by molar-refractivity contribution is 7.98. The van der Waals surface area contributed by atoms with Gasteiger partial charge in [0.15, 0.2) is 0 Å². The number of aromatic nitrogens is 1. The molecule has 1 saturated carbocycles. The zero-order valence-corrected chi connectivity index (χ0v) is 8.90. The molecule has 1 aromatic heterocycles. The molecule has 1 aromatic rings. The molecule has 0 spiro atoms. The minimum atomic E-state index is -0.946. The van der Waals surface area contributed by atoms with Gasteiger partial charge in [-0.15, -0.1) is 11.8 Å². The summed E-state index contributed by atoms with van der Waals surface area (Å²) < 4.78 is 13.2. The molecule has 0 aromatic carbocycles. The highest BCUT2D eigenvalue weighted by Gasteiger charge is 2.42. The fourth-order valence-electron chi connectivity index (χ4n) is 1.18. The van der Waals surface area contributed by atoms with Crippen molar-refractivity contribution in [3.63, 3.8) is 0 Å². The lowest BCUT2D eigenvalue weighted by atomic mass is 10.3. The minimum absolute atomic E-state index is 0.410. The molecule has 14 heavy (non-hydrogen) atoms. The standard InChI is InChI=1S/C10H13FN2S/c1-14-9-3-2-8(6-12-9)13-7-10(11)4-5-10/h2-3,6,13H,4-5,7H2,1H3. The number of nitrogens with zero attached hydrogens (tertiary/aromatic N) is 1. The smallest absolute Gasteiger partial charge is 0.128 e. The van der Waals surface area contributed by atoms with Crippen LogP contribution in [0, 0.1) is 0 Å². The third-order valence-corrected chi connectivity index (χ3v) is 3.01. The molecule has 0 amide bonds. The lowest BCUT2D eigenvalue weighted by Crippen LogP contribution is -2.15. The van der Waals surface area contributed by atoms with Gasteiger partial charge in [0.1, 0.15) is 5.67 Å². The van der Waals surface area contributed by atoms with Gasteiger partial charge < -0.3 is 5.32 Å². The third-order valence-electron chi connectivity index (χ3n) is 2.35. The Hall–Kier alpha value is -0.770. The lowest BCUT2D eigenvalue weighted by molar-refractivity contribution is 0.326. The zero-order valence-electron chi connectivity index (χ0n) is 8.09. The van der Waals surface area contributed by atoms with Crippen LogP contribution in [0.5, 0.6) is 0 Å². The monoisotopic (exact) mass is 212 g/mol. The van der Waals surface area contributed by atoms with Gasteiger partial charge in [-0.3, -0.25) is 0 Å². The first-order valence-corrected chi connectivity index (χ1v) is 5.87. The van der Waals surface area contributed by atoms with Gasteiger partial charge in [0.2, 0.25) is 0 Å². The molecule has 1 fully saturated rings. The Balaban J connectivity index is 1.89. The second-order valence-electron chi connectivity index (χ2n) is 3.59. The average Bonchev–Trinajstić information content (AvgIpc) is 2.95.